The van der Waals surface area contributed by atoms with Crippen LogP contribution in [0.25, 0.3) is 11.0 Å². The average molecular weight is 297 g/mol. The first-order valence-electron chi connectivity index (χ1n) is 7.05. The molecule has 0 aliphatic rings. The number of furan rings is 1. The number of fused-ring (bicyclic) bond motifs is 1. The summed E-state index contributed by atoms with van der Waals surface area (Å²) in [5, 5.41) is 3.50. The molecule has 1 amide bonds. The predicted octanol–water partition coefficient (Wildman–Crippen LogP) is 4.37. The highest BCUT2D eigenvalue weighted by Gasteiger charge is 2.12. The first kappa shape index (κ1) is 14.3. The normalized spacial score (nSPS) is 10.9. The number of carbonyl (C=O) groups excluding carboxylic acids is 1. The SMILES string of the molecule is Cc1ccc(NC(=O)Cc2coc3cc(C)ccc23)c(F)c1. The minimum absolute atomic E-state index is 0.142. The van der Waals surface area contributed by atoms with Crippen LogP contribution in [0.5, 0.6) is 0 Å². The molecule has 0 bridgehead atoms. The van der Waals surface area contributed by atoms with Crippen LogP contribution >= 0.6 is 0 Å². The molecule has 22 heavy (non-hydrogen) atoms. The van der Waals surface area contributed by atoms with Crippen molar-refractivity contribution >= 4 is 22.6 Å². The zero-order valence-corrected chi connectivity index (χ0v) is 12.4. The van der Waals surface area contributed by atoms with Crippen molar-refractivity contribution in [1.29, 1.82) is 0 Å². The van der Waals surface area contributed by atoms with Gasteiger partial charge in [0.2, 0.25) is 5.91 Å². The topological polar surface area (TPSA) is 42.2 Å². The van der Waals surface area contributed by atoms with Crippen LogP contribution in [-0.4, -0.2) is 5.91 Å². The molecular weight excluding hydrogens is 281 g/mol. The van der Waals surface area contributed by atoms with Gasteiger partial charge in [0.05, 0.1) is 18.4 Å². The van der Waals surface area contributed by atoms with Crippen molar-refractivity contribution in [3.05, 3.63) is 65.2 Å². The number of hydrogen-bond acceptors (Lipinski definition) is 2. The smallest absolute Gasteiger partial charge is 0.229 e. The Bertz CT molecular complexity index is 851. The van der Waals surface area contributed by atoms with E-state index in [4.69, 9.17) is 4.42 Å². The minimum Gasteiger partial charge on any atom is -0.464 e. The van der Waals surface area contributed by atoms with Crippen molar-refractivity contribution in [2.24, 2.45) is 0 Å². The van der Waals surface area contributed by atoms with Gasteiger partial charge in [-0.2, -0.15) is 0 Å². The average Bonchev–Trinajstić information content (AvgIpc) is 2.84. The molecule has 1 heterocycles. The predicted molar refractivity (Wildman–Crippen MR) is 84.4 cm³/mol. The quantitative estimate of drug-likeness (QED) is 0.780. The molecule has 0 aliphatic heterocycles. The van der Waals surface area contributed by atoms with Gasteiger partial charge in [-0.3, -0.25) is 4.79 Å². The molecule has 0 fully saturated rings. The number of carbonyl (C=O) groups is 1. The second-order valence-electron chi connectivity index (χ2n) is 5.47. The zero-order chi connectivity index (χ0) is 15.7. The third-order valence-corrected chi connectivity index (χ3v) is 3.56. The van der Waals surface area contributed by atoms with E-state index in [-0.39, 0.29) is 18.0 Å². The van der Waals surface area contributed by atoms with E-state index in [1.165, 1.54) is 6.07 Å². The van der Waals surface area contributed by atoms with Crippen LogP contribution < -0.4 is 5.32 Å². The molecule has 0 saturated heterocycles. The summed E-state index contributed by atoms with van der Waals surface area (Å²) in [5.74, 6) is -0.702. The monoisotopic (exact) mass is 297 g/mol. The molecular formula is C18H16FNO2. The molecule has 0 aliphatic carbocycles. The van der Waals surface area contributed by atoms with Gasteiger partial charge >= 0.3 is 0 Å². The van der Waals surface area contributed by atoms with Crippen molar-refractivity contribution in [3.63, 3.8) is 0 Å². The zero-order valence-electron chi connectivity index (χ0n) is 12.4. The van der Waals surface area contributed by atoms with Gasteiger partial charge in [-0.1, -0.05) is 18.2 Å². The fourth-order valence-corrected chi connectivity index (χ4v) is 2.42. The molecule has 3 aromatic rings. The van der Waals surface area contributed by atoms with Crippen molar-refractivity contribution in [2.75, 3.05) is 5.32 Å². The molecule has 1 aromatic heterocycles. The first-order chi connectivity index (χ1) is 10.5. The summed E-state index contributed by atoms with van der Waals surface area (Å²) in [7, 11) is 0. The molecule has 112 valence electrons. The van der Waals surface area contributed by atoms with E-state index in [2.05, 4.69) is 5.32 Å². The number of halogens is 1. The van der Waals surface area contributed by atoms with Crippen LogP contribution in [-0.2, 0) is 11.2 Å². The maximum atomic E-state index is 13.8. The lowest BCUT2D eigenvalue weighted by molar-refractivity contribution is -0.115. The Morgan fingerprint density at radius 3 is 2.64 bits per heavy atom. The summed E-state index contributed by atoms with van der Waals surface area (Å²) in [5.41, 5.74) is 3.65. The van der Waals surface area contributed by atoms with Crippen molar-refractivity contribution in [1.82, 2.24) is 0 Å². The maximum absolute atomic E-state index is 13.8. The van der Waals surface area contributed by atoms with E-state index in [1.54, 1.807) is 25.3 Å². The lowest BCUT2D eigenvalue weighted by Crippen LogP contribution is -2.15. The van der Waals surface area contributed by atoms with Crippen molar-refractivity contribution < 1.29 is 13.6 Å². The number of anilines is 1. The van der Waals surface area contributed by atoms with Gasteiger partial charge < -0.3 is 9.73 Å². The third kappa shape index (κ3) is 2.86. The summed E-state index contributed by atoms with van der Waals surface area (Å²) in [4.78, 5) is 12.1. The highest BCUT2D eigenvalue weighted by atomic mass is 19.1. The molecule has 0 unspecified atom stereocenters. The van der Waals surface area contributed by atoms with Crippen LogP contribution in [0.3, 0.4) is 0 Å². The molecule has 3 rings (SSSR count). The molecule has 0 saturated carbocycles. The molecule has 0 atom stereocenters. The molecule has 2 aromatic carbocycles. The van der Waals surface area contributed by atoms with Gasteiger partial charge in [0, 0.05) is 10.9 Å². The van der Waals surface area contributed by atoms with Crippen LogP contribution in [0.4, 0.5) is 10.1 Å². The third-order valence-electron chi connectivity index (χ3n) is 3.56. The van der Waals surface area contributed by atoms with E-state index in [0.717, 1.165) is 27.7 Å². The van der Waals surface area contributed by atoms with Gasteiger partial charge in [-0.15, -0.1) is 0 Å². The highest BCUT2D eigenvalue weighted by Crippen LogP contribution is 2.23. The van der Waals surface area contributed by atoms with Gasteiger partial charge in [0.25, 0.3) is 0 Å². The number of nitrogens with one attached hydrogen (secondary N) is 1. The Hall–Kier alpha value is -2.62. The maximum Gasteiger partial charge on any atom is 0.229 e. The lowest BCUT2D eigenvalue weighted by Gasteiger charge is -2.06. The summed E-state index contributed by atoms with van der Waals surface area (Å²) in [6.45, 7) is 3.78. The number of hydrogen-bond donors (Lipinski definition) is 1. The number of rotatable bonds is 3. The van der Waals surface area contributed by atoms with E-state index in [9.17, 15) is 9.18 Å². The van der Waals surface area contributed by atoms with E-state index in [0.29, 0.717) is 0 Å². The fraction of sp³-hybridized carbons (Fsp3) is 0.167. The Kier molecular flexibility index (Phi) is 3.67. The molecule has 3 nitrogen and oxygen atoms in total. The van der Waals surface area contributed by atoms with E-state index in [1.807, 2.05) is 25.1 Å². The Balaban J connectivity index is 1.78. The van der Waals surface area contributed by atoms with Gasteiger partial charge in [-0.05, 0) is 43.2 Å². The van der Waals surface area contributed by atoms with E-state index >= 15 is 0 Å². The number of amides is 1. The fourth-order valence-electron chi connectivity index (χ4n) is 2.42. The van der Waals surface area contributed by atoms with Crippen molar-refractivity contribution in [2.45, 2.75) is 20.3 Å². The molecule has 1 N–H and O–H groups in total. The molecule has 0 radical (unpaired) electrons. The van der Waals surface area contributed by atoms with Crippen LogP contribution in [0.15, 0.2) is 47.1 Å². The Morgan fingerprint density at radius 2 is 1.86 bits per heavy atom. The summed E-state index contributed by atoms with van der Waals surface area (Å²) < 4.78 is 19.2. The number of aryl methyl sites for hydroxylation is 2. The highest BCUT2D eigenvalue weighted by molar-refractivity contribution is 5.95. The second-order valence-corrected chi connectivity index (χ2v) is 5.47. The summed E-state index contributed by atoms with van der Waals surface area (Å²) >= 11 is 0. The van der Waals surface area contributed by atoms with Gasteiger partial charge in [0.1, 0.15) is 11.4 Å². The van der Waals surface area contributed by atoms with Gasteiger partial charge in [0.15, 0.2) is 0 Å². The molecule has 4 heteroatoms. The van der Waals surface area contributed by atoms with Crippen LogP contribution in [0, 0.1) is 19.7 Å². The summed E-state index contributed by atoms with van der Waals surface area (Å²) in [6, 6.07) is 10.6. The van der Waals surface area contributed by atoms with E-state index < -0.39 is 5.82 Å². The Labute approximate surface area is 127 Å². The van der Waals surface area contributed by atoms with Gasteiger partial charge in [-0.25, -0.2) is 4.39 Å². The van der Waals surface area contributed by atoms with Crippen molar-refractivity contribution in [3.8, 4) is 0 Å². The van der Waals surface area contributed by atoms with Crippen LogP contribution in [0.1, 0.15) is 16.7 Å². The second kappa shape index (κ2) is 5.64. The minimum atomic E-state index is -0.430. The molecule has 0 spiro atoms. The largest absolute Gasteiger partial charge is 0.464 e. The first-order valence-corrected chi connectivity index (χ1v) is 7.05. The number of benzene rings is 2. The Morgan fingerprint density at radius 1 is 1.14 bits per heavy atom. The lowest BCUT2D eigenvalue weighted by atomic mass is 10.1. The standard InChI is InChI=1S/C18H16FNO2/c1-11-4-6-16(15(19)7-11)20-18(21)9-13-10-22-17-8-12(2)3-5-14(13)17/h3-8,10H,9H2,1-2H3,(H,20,21). The summed E-state index contributed by atoms with van der Waals surface area (Å²) in [6.07, 6.45) is 1.72. The van der Waals surface area contributed by atoms with Crippen LogP contribution in [0.2, 0.25) is 0 Å².